The van der Waals surface area contributed by atoms with E-state index >= 15 is 0 Å². The lowest BCUT2D eigenvalue weighted by Gasteiger charge is -2.27. The molecule has 0 atom stereocenters. The van der Waals surface area contributed by atoms with E-state index in [9.17, 15) is 9.59 Å². The van der Waals surface area contributed by atoms with Crippen molar-refractivity contribution in [1.29, 1.82) is 0 Å². The van der Waals surface area contributed by atoms with Gasteiger partial charge in [-0.2, -0.15) is 0 Å². The van der Waals surface area contributed by atoms with Crippen LogP contribution < -0.4 is 16.6 Å². The van der Waals surface area contributed by atoms with Crippen LogP contribution in [0.4, 0.5) is 5.82 Å². The third-order valence-corrected chi connectivity index (χ3v) is 6.09. The Bertz CT molecular complexity index is 1080. The number of nitrogens with two attached hydrogens (primary N) is 1. The van der Waals surface area contributed by atoms with Crippen molar-refractivity contribution in [2.45, 2.75) is 49.2 Å². The predicted octanol–water partition coefficient (Wildman–Crippen LogP) is 2.73. The number of aromatic amines is 1. The largest absolute Gasteiger partial charge is 0.420 e. The molecular weight excluding hydrogens is 416 g/mol. The van der Waals surface area contributed by atoms with Crippen LogP contribution in [-0.4, -0.2) is 37.9 Å². The van der Waals surface area contributed by atoms with Crippen LogP contribution in [0.2, 0.25) is 0 Å². The number of H-pyrrole nitrogens is 1. The van der Waals surface area contributed by atoms with Gasteiger partial charge in [-0.15, -0.1) is 10.2 Å². The van der Waals surface area contributed by atoms with E-state index in [1.54, 1.807) is 0 Å². The topological polar surface area (TPSA) is 140 Å². The van der Waals surface area contributed by atoms with Gasteiger partial charge in [0.15, 0.2) is 5.16 Å². The van der Waals surface area contributed by atoms with Gasteiger partial charge in [0.05, 0.1) is 0 Å². The number of aromatic nitrogens is 4. The molecule has 1 fully saturated rings. The highest BCUT2D eigenvalue weighted by molar-refractivity contribution is 7.99. The Morgan fingerprint density at radius 2 is 1.97 bits per heavy atom. The number of nitrogens with zero attached hydrogens (tertiary/aromatic N) is 3. The van der Waals surface area contributed by atoms with E-state index in [0.717, 1.165) is 31.2 Å². The molecule has 4 N–H and O–H groups in total. The molecule has 0 aliphatic heterocycles. The van der Waals surface area contributed by atoms with Gasteiger partial charge in [0.25, 0.3) is 5.56 Å². The number of hydrogen-bond acceptors (Lipinski definition) is 8. The zero-order valence-electron chi connectivity index (χ0n) is 16.9. The molecule has 0 radical (unpaired) electrons. The normalized spacial score (nSPS) is 18.6. The van der Waals surface area contributed by atoms with Gasteiger partial charge in [-0.25, -0.2) is 4.98 Å². The Kier molecular flexibility index (Phi) is 6.66. The lowest BCUT2D eigenvalue weighted by atomic mass is 9.86. The molecule has 1 aliphatic rings. The molecule has 0 unspecified atom stereocenters. The SMILES string of the molecule is Nc1cc(=O)[nH]c(SCCC(=O)NC2CCC(c3nnc(-c4ccccc4)o3)CC2)n1. The van der Waals surface area contributed by atoms with E-state index in [2.05, 4.69) is 25.5 Å². The van der Waals surface area contributed by atoms with Crippen LogP contribution in [-0.2, 0) is 4.79 Å². The number of amides is 1. The van der Waals surface area contributed by atoms with Crippen LogP contribution in [0.1, 0.15) is 43.9 Å². The van der Waals surface area contributed by atoms with Crippen LogP contribution in [0.25, 0.3) is 11.5 Å². The Hall–Kier alpha value is -3.14. The van der Waals surface area contributed by atoms with Crippen molar-refractivity contribution in [3.63, 3.8) is 0 Å². The second-order valence-corrected chi connectivity index (χ2v) is 8.59. The molecule has 2 aromatic heterocycles. The highest BCUT2D eigenvalue weighted by Crippen LogP contribution is 2.33. The van der Waals surface area contributed by atoms with E-state index in [4.69, 9.17) is 10.2 Å². The number of nitrogen functional groups attached to an aromatic ring is 1. The third-order valence-electron chi connectivity index (χ3n) is 5.21. The van der Waals surface area contributed by atoms with Crippen LogP contribution in [0, 0.1) is 0 Å². The maximum absolute atomic E-state index is 12.3. The van der Waals surface area contributed by atoms with Crippen molar-refractivity contribution in [2.24, 2.45) is 0 Å². The molecule has 0 spiro atoms. The average molecular weight is 441 g/mol. The van der Waals surface area contributed by atoms with Crippen molar-refractivity contribution < 1.29 is 9.21 Å². The minimum absolute atomic E-state index is 0.00801. The van der Waals surface area contributed by atoms with E-state index in [0.29, 0.717) is 29.1 Å². The van der Waals surface area contributed by atoms with Crippen molar-refractivity contribution in [3.8, 4) is 11.5 Å². The monoisotopic (exact) mass is 440 g/mol. The molecule has 162 valence electrons. The second kappa shape index (κ2) is 9.78. The summed E-state index contributed by atoms with van der Waals surface area (Å²) < 4.78 is 5.89. The second-order valence-electron chi connectivity index (χ2n) is 7.50. The zero-order chi connectivity index (χ0) is 21.6. The summed E-state index contributed by atoms with van der Waals surface area (Å²) in [5.74, 6) is 2.11. The summed E-state index contributed by atoms with van der Waals surface area (Å²) in [5.41, 5.74) is 6.18. The fraction of sp³-hybridized carbons (Fsp3) is 0.381. The first-order valence-corrected chi connectivity index (χ1v) is 11.2. The van der Waals surface area contributed by atoms with Crippen molar-refractivity contribution in [1.82, 2.24) is 25.5 Å². The quantitative estimate of drug-likeness (QED) is 0.376. The molecule has 3 aromatic rings. The predicted molar refractivity (Wildman–Crippen MR) is 117 cm³/mol. The van der Waals surface area contributed by atoms with Gasteiger partial charge >= 0.3 is 0 Å². The first-order chi connectivity index (χ1) is 15.1. The first kappa shape index (κ1) is 21.1. The average Bonchev–Trinajstić information content (AvgIpc) is 3.24. The number of benzene rings is 1. The Morgan fingerprint density at radius 1 is 1.19 bits per heavy atom. The Balaban J connectivity index is 1.21. The number of rotatable bonds is 7. The minimum atomic E-state index is -0.298. The number of hydrogen-bond donors (Lipinski definition) is 3. The lowest BCUT2D eigenvalue weighted by molar-refractivity contribution is -0.121. The molecule has 31 heavy (non-hydrogen) atoms. The summed E-state index contributed by atoms with van der Waals surface area (Å²) in [6.45, 7) is 0. The molecule has 0 bridgehead atoms. The maximum Gasteiger partial charge on any atom is 0.253 e. The van der Waals surface area contributed by atoms with Gasteiger partial charge in [0.1, 0.15) is 5.82 Å². The molecule has 1 amide bonds. The molecule has 1 aliphatic carbocycles. The minimum Gasteiger partial charge on any atom is -0.420 e. The van der Waals surface area contributed by atoms with E-state index in [1.165, 1.54) is 17.8 Å². The summed E-state index contributed by atoms with van der Waals surface area (Å²) in [6.07, 6.45) is 3.87. The number of thioether (sulfide) groups is 1. The molecule has 2 heterocycles. The van der Waals surface area contributed by atoms with E-state index in [1.807, 2.05) is 30.3 Å². The van der Waals surface area contributed by atoms with Gasteiger partial charge in [-0.05, 0) is 37.8 Å². The van der Waals surface area contributed by atoms with E-state index in [-0.39, 0.29) is 29.2 Å². The summed E-state index contributed by atoms with van der Waals surface area (Å²) in [7, 11) is 0. The molecular formula is C21H24N6O3S. The van der Waals surface area contributed by atoms with Crippen LogP contribution in [0.5, 0.6) is 0 Å². The summed E-state index contributed by atoms with van der Waals surface area (Å²) in [4.78, 5) is 30.3. The van der Waals surface area contributed by atoms with Gasteiger partial charge in [-0.1, -0.05) is 30.0 Å². The van der Waals surface area contributed by atoms with Crippen LogP contribution >= 0.6 is 11.8 Å². The number of carbonyl (C=O) groups is 1. The first-order valence-electron chi connectivity index (χ1n) is 10.2. The Labute approximate surface area is 183 Å². The third kappa shape index (κ3) is 5.72. The fourth-order valence-electron chi connectivity index (χ4n) is 3.64. The maximum atomic E-state index is 12.3. The van der Waals surface area contributed by atoms with Gasteiger partial charge in [0, 0.05) is 35.8 Å². The fourth-order valence-corrected chi connectivity index (χ4v) is 4.47. The van der Waals surface area contributed by atoms with Crippen LogP contribution in [0.3, 0.4) is 0 Å². The summed E-state index contributed by atoms with van der Waals surface area (Å²) in [6, 6.07) is 11.1. The molecule has 1 saturated carbocycles. The Morgan fingerprint density at radius 3 is 2.71 bits per heavy atom. The standard InChI is InChI=1S/C21H24N6O3S/c22-16-12-18(29)25-21(24-16)31-11-10-17(28)23-15-8-6-14(7-9-15)20-27-26-19(30-20)13-4-2-1-3-5-13/h1-5,12,14-15H,6-11H2,(H,23,28)(H3,22,24,25,29). The molecule has 4 rings (SSSR count). The molecule has 0 saturated heterocycles. The highest BCUT2D eigenvalue weighted by atomic mass is 32.2. The molecule has 1 aromatic carbocycles. The van der Waals surface area contributed by atoms with Crippen molar-refractivity contribution in [2.75, 3.05) is 11.5 Å². The molecule has 9 nitrogen and oxygen atoms in total. The highest BCUT2D eigenvalue weighted by Gasteiger charge is 2.27. The lowest BCUT2D eigenvalue weighted by Crippen LogP contribution is -2.37. The van der Waals surface area contributed by atoms with Crippen molar-refractivity contribution >= 4 is 23.5 Å². The number of nitrogens with one attached hydrogen (secondary N) is 2. The number of anilines is 1. The van der Waals surface area contributed by atoms with Crippen molar-refractivity contribution in [3.05, 3.63) is 52.6 Å². The summed E-state index contributed by atoms with van der Waals surface area (Å²) in [5, 5.41) is 11.9. The summed E-state index contributed by atoms with van der Waals surface area (Å²) >= 11 is 1.30. The zero-order valence-corrected chi connectivity index (χ0v) is 17.7. The van der Waals surface area contributed by atoms with Crippen LogP contribution in [0.15, 0.2) is 50.8 Å². The number of carbonyl (C=O) groups excluding carboxylic acids is 1. The smallest absolute Gasteiger partial charge is 0.253 e. The van der Waals surface area contributed by atoms with Gasteiger partial charge in [0.2, 0.25) is 17.7 Å². The van der Waals surface area contributed by atoms with E-state index < -0.39 is 0 Å². The van der Waals surface area contributed by atoms with Gasteiger partial charge in [-0.3, -0.25) is 9.59 Å². The molecule has 10 heteroatoms. The van der Waals surface area contributed by atoms with Gasteiger partial charge < -0.3 is 20.5 Å².